The van der Waals surface area contributed by atoms with E-state index in [0.717, 1.165) is 11.1 Å². The second-order valence-corrected chi connectivity index (χ2v) is 5.85. The molecule has 2 aromatic rings. The molecule has 1 aliphatic carbocycles. The fraction of sp³-hybridized carbons (Fsp3) is 0.294. The van der Waals surface area contributed by atoms with Crippen molar-refractivity contribution in [2.45, 2.75) is 26.2 Å². The van der Waals surface area contributed by atoms with Crippen molar-refractivity contribution in [1.29, 1.82) is 0 Å². The molecule has 0 aromatic heterocycles. The van der Waals surface area contributed by atoms with Gasteiger partial charge in [0, 0.05) is 5.56 Å². The molecular weight excluding hydrogens is 223 g/mol. The van der Waals surface area contributed by atoms with Crippen molar-refractivity contribution in [3.05, 3.63) is 59.9 Å². The van der Waals surface area contributed by atoms with Crippen molar-refractivity contribution in [2.75, 3.05) is 0 Å². The van der Waals surface area contributed by atoms with E-state index < -0.39 is 0 Å². The second kappa shape index (κ2) is 3.94. The Morgan fingerprint density at radius 3 is 2.33 bits per heavy atom. The summed E-state index contributed by atoms with van der Waals surface area (Å²) in [6.07, 6.45) is 1.20. The fourth-order valence-electron chi connectivity index (χ4n) is 2.63. The monoisotopic (exact) mass is 240 g/mol. The number of hydrogen-bond donors (Lipinski definition) is 0. The molecule has 3 rings (SSSR count). The summed E-state index contributed by atoms with van der Waals surface area (Å²) in [5.74, 6) is 0.448. The molecule has 0 unspecified atom stereocenters. The summed E-state index contributed by atoms with van der Waals surface area (Å²) in [6.45, 7) is 4.53. The Labute approximate surface area is 107 Å². The van der Waals surface area contributed by atoms with Crippen LogP contribution >= 0.6 is 0 Å². The summed E-state index contributed by atoms with van der Waals surface area (Å²) in [5.41, 5.74) is 3.32. The van der Waals surface area contributed by atoms with Gasteiger partial charge in [-0.15, -0.1) is 0 Å². The molecule has 1 saturated carbocycles. The number of hydrogen-bond acceptors (Lipinski definition) is 0. The summed E-state index contributed by atoms with van der Waals surface area (Å²) in [7, 11) is 0. The minimum atomic E-state index is -0.136. The maximum absolute atomic E-state index is 13.9. The lowest BCUT2D eigenvalue weighted by Crippen LogP contribution is -1.92. The van der Waals surface area contributed by atoms with Crippen LogP contribution in [0.2, 0.25) is 0 Å². The van der Waals surface area contributed by atoms with Gasteiger partial charge in [-0.05, 0) is 41.0 Å². The van der Waals surface area contributed by atoms with Crippen molar-refractivity contribution >= 4 is 0 Å². The molecule has 0 heterocycles. The molecule has 1 heteroatoms. The molecule has 92 valence electrons. The van der Waals surface area contributed by atoms with E-state index in [9.17, 15) is 4.39 Å². The molecule has 0 nitrogen and oxygen atoms in total. The highest BCUT2D eigenvalue weighted by molar-refractivity contribution is 5.65. The van der Waals surface area contributed by atoms with Crippen LogP contribution in [-0.4, -0.2) is 0 Å². The maximum atomic E-state index is 13.9. The smallest absolute Gasteiger partial charge is 0.131 e. The highest BCUT2D eigenvalue weighted by Crippen LogP contribution is 2.58. The SMILES string of the molecule is CC1(C)C[C@H]1c1ccc(F)c(-c2ccccc2)c1. The summed E-state index contributed by atoms with van der Waals surface area (Å²) in [6, 6.07) is 15.3. The molecule has 1 aliphatic rings. The lowest BCUT2D eigenvalue weighted by molar-refractivity contribution is 0.616. The van der Waals surface area contributed by atoms with Crippen molar-refractivity contribution < 1.29 is 4.39 Å². The lowest BCUT2D eigenvalue weighted by Gasteiger charge is -2.08. The van der Waals surface area contributed by atoms with Gasteiger partial charge in [0.15, 0.2) is 0 Å². The maximum Gasteiger partial charge on any atom is 0.131 e. The summed E-state index contributed by atoms with van der Waals surface area (Å²) < 4.78 is 13.9. The van der Waals surface area contributed by atoms with Gasteiger partial charge in [0.2, 0.25) is 0 Å². The van der Waals surface area contributed by atoms with Crippen LogP contribution in [0.15, 0.2) is 48.5 Å². The van der Waals surface area contributed by atoms with Crippen LogP contribution in [0.5, 0.6) is 0 Å². The molecule has 0 spiro atoms. The zero-order chi connectivity index (χ0) is 12.8. The van der Waals surface area contributed by atoms with E-state index >= 15 is 0 Å². The first-order valence-corrected chi connectivity index (χ1v) is 6.43. The van der Waals surface area contributed by atoms with Gasteiger partial charge < -0.3 is 0 Å². The van der Waals surface area contributed by atoms with Gasteiger partial charge in [-0.1, -0.05) is 50.2 Å². The largest absolute Gasteiger partial charge is 0.206 e. The van der Waals surface area contributed by atoms with E-state index in [1.54, 1.807) is 6.07 Å². The third-order valence-electron chi connectivity index (χ3n) is 3.99. The first-order chi connectivity index (χ1) is 8.58. The summed E-state index contributed by atoms with van der Waals surface area (Å²) in [4.78, 5) is 0. The molecule has 0 amide bonds. The third-order valence-corrected chi connectivity index (χ3v) is 3.99. The van der Waals surface area contributed by atoms with E-state index in [4.69, 9.17) is 0 Å². The number of rotatable bonds is 2. The molecule has 18 heavy (non-hydrogen) atoms. The standard InChI is InChI=1S/C17H17F/c1-17(2)11-15(17)13-8-9-16(18)14(10-13)12-6-4-3-5-7-12/h3-10,15H,11H2,1-2H3/t15-/m0/s1. The third kappa shape index (κ3) is 1.94. The van der Waals surface area contributed by atoms with Gasteiger partial charge in [-0.3, -0.25) is 0 Å². The lowest BCUT2D eigenvalue weighted by atomic mass is 9.97. The quantitative estimate of drug-likeness (QED) is 0.692. The highest BCUT2D eigenvalue weighted by atomic mass is 19.1. The molecular formula is C17H17F. The Balaban J connectivity index is 2.03. The van der Waals surface area contributed by atoms with Gasteiger partial charge >= 0.3 is 0 Å². The molecule has 0 aliphatic heterocycles. The highest BCUT2D eigenvalue weighted by Gasteiger charge is 2.46. The Morgan fingerprint density at radius 1 is 1.06 bits per heavy atom. The molecule has 0 radical (unpaired) electrons. The molecule has 0 N–H and O–H groups in total. The van der Waals surface area contributed by atoms with Crippen molar-refractivity contribution in [1.82, 2.24) is 0 Å². The zero-order valence-electron chi connectivity index (χ0n) is 10.8. The van der Waals surface area contributed by atoms with Crippen molar-refractivity contribution in [3.8, 4) is 11.1 Å². The Morgan fingerprint density at radius 2 is 1.72 bits per heavy atom. The molecule has 0 bridgehead atoms. The van der Waals surface area contributed by atoms with Gasteiger partial charge in [0.05, 0.1) is 0 Å². The Bertz CT molecular complexity index is 569. The molecule has 1 atom stereocenters. The van der Waals surface area contributed by atoms with Crippen LogP contribution in [0.1, 0.15) is 31.7 Å². The van der Waals surface area contributed by atoms with E-state index in [1.165, 1.54) is 12.0 Å². The summed E-state index contributed by atoms with van der Waals surface area (Å²) in [5, 5.41) is 0. The predicted octanol–water partition coefficient (Wildman–Crippen LogP) is 5.01. The van der Waals surface area contributed by atoms with Crippen LogP contribution in [0.25, 0.3) is 11.1 Å². The molecule has 2 aromatic carbocycles. The minimum Gasteiger partial charge on any atom is -0.206 e. The van der Waals surface area contributed by atoms with Gasteiger partial charge in [-0.2, -0.15) is 0 Å². The predicted molar refractivity (Wildman–Crippen MR) is 73.0 cm³/mol. The topological polar surface area (TPSA) is 0 Å². The average Bonchev–Trinajstić information content (AvgIpc) is 3.00. The Hall–Kier alpha value is -1.63. The van der Waals surface area contributed by atoms with Crippen LogP contribution in [0.4, 0.5) is 4.39 Å². The van der Waals surface area contributed by atoms with E-state index in [0.29, 0.717) is 11.3 Å². The first-order valence-electron chi connectivity index (χ1n) is 6.43. The summed E-state index contributed by atoms with van der Waals surface area (Å²) >= 11 is 0. The van der Waals surface area contributed by atoms with Crippen LogP contribution in [0, 0.1) is 11.2 Å². The van der Waals surface area contributed by atoms with Crippen molar-refractivity contribution in [2.24, 2.45) is 5.41 Å². The van der Waals surface area contributed by atoms with Gasteiger partial charge in [0.25, 0.3) is 0 Å². The first kappa shape index (κ1) is 11.5. The Kier molecular flexibility index (Phi) is 2.51. The van der Waals surface area contributed by atoms with Gasteiger partial charge in [-0.25, -0.2) is 4.39 Å². The normalized spacial score (nSPS) is 20.7. The molecule has 1 fully saturated rings. The van der Waals surface area contributed by atoms with Gasteiger partial charge in [0.1, 0.15) is 5.82 Å². The van der Waals surface area contributed by atoms with Crippen molar-refractivity contribution in [3.63, 3.8) is 0 Å². The zero-order valence-corrected chi connectivity index (χ0v) is 10.8. The van der Waals surface area contributed by atoms with Crippen LogP contribution in [0.3, 0.4) is 0 Å². The number of benzene rings is 2. The van der Waals surface area contributed by atoms with Crippen LogP contribution < -0.4 is 0 Å². The van der Waals surface area contributed by atoms with Crippen LogP contribution in [-0.2, 0) is 0 Å². The average molecular weight is 240 g/mol. The van der Waals surface area contributed by atoms with E-state index in [2.05, 4.69) is 13.8 Å². The minimum absolute atomic E-state index is 0.136. The van der Waals surface area contributed by atoms with E-state index in [1.807, 2.05) is 42.5 Å². The van der Waals surface area contributed by atoms with E-state index in [-0.39, 0.29) is 5.82 Å². The second-order valence-electron chi connectivity index (χ2n) is 5.85. The number of halogens is 1. The molecule has 0 saturated heterocycles. The fourth-order valence-corrected chi connectivity index (χ4v) is 2.63.